The van der Waals surface area contributed by atoms with Crippen LogP contribution in [-0.4, -0.2) is 41.4 Å². The molecular weight excluding hydrogens is 340 g/mol. The molecule has 0 bridgehead atoms. The van der Waals surface area contributed by atoms with Gasteiger partial charge >= 0.3 is 0 Å². The lowest BCUT2D eigenvalue weighted by atomic mass is 9.92. The van der Waals surface area contributed by atoms with Gasteiger partial charge in [0, 0.05) is 43.1 Å². The molecule has 3 aromatic heterocycles. The van der Waals surface area contributed by atoms with Crippen molar-refractivity contribution in [3.63, 3.8) is 0 Å². The van der Waals surface area contributed by atoms with Crippen LogP contribution in [0.1, 0.15) is 43.5 Å². The molecule has 0 saturated carbocycles. The second-order valence-corrected chi connectivity index (χ2v) is 8.03. The lowest BCUT2D eigenvalue weighted by molar-refractivity contribution is 0.203. The van der Waals surface area contributed by atoms with E-state index in [0.29, 0.717) is 6.54 Å². The van der Waals surface area contributed by atoms with E-state index in [1.807, 2.05) is 0 Å². The lowest BCUT2D eigenvalue weighted by Crippen LogP contribution is -2.33. The van der Waals surface area contributed by atoms with Crippen molar-refractivity contribution in [1.29, 1.82) is 0 Å². The van der Waals surface area contributed by atoms with Crippen molar-refractivity contribution < 1.29 is 0 Å². The van der Waals surface area contributed by atoms with Crippen LogP contribution in [0.5, 0.6) is 0 Å². The quantitative estimate of drug-likeness (QED) is 0.721. The summed E-state index contributed by atoms with van der Waals surface area (Å²) in [6.07, 6.45) is 5.06. The molecule has 0 amide bonds. The Bertz CT molecular complexity index is 890. The van der Waals surface area contributed by atoms with Crippen molar-refractivity contribution in [2.24, 2.45) is 0 Å². The minimum atomic E-state index is 0.0697. The summed E-state index contributed by atoms with van der Waals surface area (Å²) >= 11 is 0. The van der Waals surface area contributed by atoms with Gasteiger partial charge in [0.05, 0.1) is 36.4 Å². The summed E-state index contributed by atoms with van der Waals surface area (Å²) in [5.41, 5.74) is 4.61. The van der Waals surface area contributed by atoms with E-state index >= 15 is 0 Å². The van der Waals surface area contributed by atoms with Gasteiger partial charge in [0.1, 0.15) is 5.82 Å². The van der Waals surface area contributed by atoms with Gasteiger partial charge in [-0.05, 0) is 12.1 Å². The summed E-state index contributed by atoms with van der Waals surface area (Å²) in [7, 11) is 0. The number of anilines is 1. The van der Waals surface area contributed by atoms with Crippen LogP contribution in [-0.2, 0) is 31.6 Å². The molecule has 0 unspecified atom stereocenters. The first-order chi connectivity index (χ1) is 13.0. The number of aromatic nitrogens is 6. The van der Waals surface area contributed by atoms with E-state index < -0.39 is 0 Å². The maximum absolute atomic E-state index is 4.70. The van der Waals surface area contributed by atoms with E-state index in [1.54, 1.807) is 18.6 Å². The molecule has 3 aromatic rings. The van der Waals surface area contributed by atoms with Gasteiger partial charge in [0.25, 0.3) is 0 Å². The molecule has 0 spiro atoms. The zero-order valence-electron chi connectivity index (χ0n) is 16.1. The summed E-state index contributed by atoms with van der Waals surface area (Å²) in [5.74, 6) is 0.763. The average Bonchev–Trinajstić information content (AvgIpc) is 3.27. The van der Waals surface area contributed by atoms with Crippen LogP contribution in [0.25, 0.3) is 0 Å². The largest absolute Gasteiger partial charge is 0.363 e. The third kappa shape index (κ3) is 4.16. The molecule has 27 heavy (non-hydrogen) atoms. The van der Waals surface area contributed by atoms with E-state index in [9.17, 15) is 0 Å². The van der Waals surface area contributed by atoms with E-state index in [2.05, 4.69) is 68.0 Å². The summed E-state index contributed by atoms with van der Waals surface area (Å²) < 4.78 is 2.11. The number of hydrogen-bond acceptors (Lipinski definition) is 6. The van der Waals surface area contributed by atoms with Gasteiger partial charge in [0.2, 0.25) is 0 Å². The monoisotopic (exact) mass is 366 g/mol. The first kappa shape index (κ1) is 17.7. The molecule has 0 aromatic carbocycles. The van der Waals surface area contributed by atoms with Gasteiger partial charge in [-0.3, -0.25) is 19.7 Å². The van der Waals surface area contributed by atoms with E-state index in [-0.39, 0.29) is 5.41 Å². The van der Waals surface area contributed by atoms with E-state index in [4.69, 9.17) is 5.10 Å². The fourth-order valence-corrected chi connectivity index (χ4v) is 3.24. The smallest absolute Gasteiger partial charge is 0.144 e. The second-order valence-electron chi connectivity index (χ2n) is 8.03. The van der Waals surface area contributed by atoms with Crippen molar-refractivity contribution in [3.8, 4) is 0 Å². The second kappa shape index (κ2) is 7.11. The maximum atomic E-state index is 4.70. The standard InChI is InChI=1S/C19H26N8/c1-19(2,3)17-9-15(23-24-17)12-26-6-7-27-16(13-26)8-14(25-27)10-22-18-11-20-4-5-21-18/h4-5,8-9,11H,6-7,10,12-13H2,1-3H3,(H,21,22)(H,23,24). The highest BCUT2D eigenvalue weighted by atomic mass is 15.3. The predicted molar refractivity (Wildman–Crippen MR) is 103 cm³/mol. The Labute approximate surface area is 159 Å². The Hall–Kier alpha value is -2.74. The molecule has 1 aliphatic heterocycles. The van der Waals surface area contributed by atoms with Crippen molar-refractivity contribution >= 4 is 5.82 Å². The number of nitrogens with one attached hydrogen (secondary N) is 2. The van der Waals surface area contributed by atoms with Crippen LogP contribution in [0, 0.1) is 0 Å². The number of rotatable bonds is 5. The van der Waals surface area contributed by atoms with Crippen molar-refractivity contribution in [2.45, 2.75) is 52.4 Å². The first-order valence-corrected chi connectivity index (χ1v) is 9.30. The molecular formula is C19H26N8. The lowest BCUT2D eigenvalue weighted by Gasteiger charge is -2.26. The zero-order chi connectivity index (χ0) is 18.9. The van der Waals surface area contributed by atoms with Crippen LogP contribution >= 0.6 is 0 Å². The van der Waals surface area contributed by atoms with E-state index in [1.165, 1.54) is 5.69 Å². The highest BCUT2D eigenvalue weighted by Gasteiger charge is 2.21. The summed E-state index contributed by atoms with van der Waals surface area (Å²) in [5, 5.41) is 15.6. The van der Waals surface area contributed by atoms with Gasteiger partial charge in [-0.2, -0.15) is 10.2 Å². The van der Waals surface area contributed by atoms with Crippen LogP contribution < -0.4 is 5.32 Å². The first-order valence-electron chi connectivity index (χ1n) is 9.30. The van der Waals surface area contributed by atoms with Gasteiger partial charge in [-0.15, -0.1) is 0 Å². The number of hydrogen-bond donors (Lipinski definition) is 2. The van der Waals surface area contributed by atoms with E-state index in [0.717, 1.165) is 49.1 Å². The molecule has 4 heterocycles. The normalized spacial score (nSPS) is 14.9. The highest BCUT2D eigenvalue weighted by Crippen LogP contribution is 2.22. The van der Waals surface area contributed by atoms with Gasteiger partial charge in [-0.1, -0.05) is 20.8 Å². The number of aromatic amines is 1. The topological polar surface area (TPSA) is 87.5 Å². The Morgan fingerprint density at radius 3 is 2.81 bits per heavy atom. The Balaban J connectivity index is 1.37. The molecule has 0 radical (unpaired) electrons. The molecule has 8 heteroatoms. The number of nitrogens with zero attached hydrogens (tertiary/aromatic N) is 6. The Morgan fingerprint density at radius 1 is 1.19 bits per heavy atom. The molecule has 0 saturated heterocycles. The molecule has 142 valence electrons. The molecule has 8 nitrogen and oxygen atoms in total. The zero-order valence-corrected chi connectivity index (χ0v) is 16.1. The number of fused-ring (bicyclic) bond motifs is 1. The van der Waals surface area contributed by atoms with Crippen molar-refractivity contribution in [3.05, 3.63) is 53.5 Å². The SMILES string of the molecule is CC(C)(C)c1cc(CN2CCn3nc(CNc4cnccn4)cc3C2)[nH]n1. The third-order valence-electron chi connectivity index (χ3n) is 4.73. The minimum Gasteiger partial charge on any atom is -0.363 e. The highest BCUT2D eigenvalue weighted by molar-refractivity contribution is 5.31. The van der Waals surface area contributed by atoms with Crippen molar-refractivity contribution in [1.82, 2.24) is 34.8 Å². The van der Waals surface area contributed by atoms with Gasteiger partial charge < -0.3 is 5.32 Å². The molecule has 0 aliphatic carbocycles. The Morgan fingerprint density at radius 2 is 2.07 bits per heavy atom. The molecule has 2 N–H and O–H groups in total. The van der Waals surface area contributed by atoms with Crippen LogP contribution in [0.2, 0.25) is 0 Å². The molecule has 1 aliphatic rings. The molecule has 4 rings (SSSR count). The fraction of sp³-hybridized carbons (Fsp3) is 0.474. The van der Waals surface area contributed by atoms with Gasteiger partial charge in [-0.25, -0.2) is 4.98 Å². The Kier molecular flexibility index (Phi) is 4.65. The summed E-state index contributed by atoms with van der Waals surface area (Å²) in [4.78, 5) is 10.7. The van der Waals surface area contributed by atoms with Crippen LogP contribution in [0.4, 0.5) is 5.82 Å². The van der Waals surface area contributed by atoms with Crippen molar-refractivity contribution in [2.75, 3.05) is 11.9 Å². The molecule has 0 atom stereocenters. The summed E-state index contributed by atoms with van der Waals surface area (Å²) in [6, 6.07) is 4.35. The molecule has 0 fully saturated rings. The number of H-pyrrole nitrogens is 1. The van der Waals surface area contributed by atoms with Crippen LogP contribution in [0.3, 0.4) is 0 Å². The van der Waals surface area contributed by atoms with Gasteiger partial charge in [0.15, 0.2) is 0 Å². The summed E-state index contributed by atoms with van der Waals surface area (Å²) in [6.45, 7) is 10.9. The third-order valence-corrected chi connectivity index (χ3v) is 4.73. The van der Waals surface area contributed by atoms with Crippen LogP contribution in [0.15, 0.2) is 30.7 Å². The minimum absolute atomic E-state index is 0.0697. The predicted octanol–water partition coefficient (Wildman–Crippen LogP) is 2.32. The maximum Gasteiger partial charge on any atom is 0.144 e. The fourth-order valence-electron chi connectivity index (χ4n) is 3.24. The average molecular weight is 366 g/mol.